The number of amides is 3. The molecule has 3 rings (SSSR count). The number of halogens is 3. The fourth-order valence-corrected chi connectivity index (χ4v) is 3.50. The van der Waals surface area contributed by atoms with Gasteiger partial charge in [0, 0.05) is 55.5 Å². The number of nitrogens with zero attached hydrogens (tertiary/aromatic N) is 2. The van der Waals surface area contributed by atoms with E-state index in [0.717, 1.165) is 17.1 Å². The molecule has 1 aromatic carbocycles. The quantitative estimate of drug-likeness (QED) is 0.512. The molecule has 170 valence electrons. The van der Waals surface area contributed by atoms with Crippen LogP contribution in [-0.2, 0) is 15.8 Å². The summed E-state index contributed by atoms with van der Waals surface area (Å²) in [5.41, 5.74) is -3.73. The number of anilines is 1. The molecule has 0 fully saturated rings. The van der Waals surface area contributed by atoms with Crippen molar-refractivity contribution in [2.75, 3.05) is 31.1 Å². The van der Waals surface area contributed by atoms with Crippen LogP contribution in [-0.4, -0.2) is 48.8 Å². The van der Waals surface area contributed by atoms with Crippen LogP contribution in [0.25, 0.3) is 11.0 Å². The molecule has 0 unspecified atom stereocenters. The van der Waals surface area contributed by atoms with Gasteiger partial charge in [-0.05, 0) is 26.0 Å². The number of imide groups is 1. The first-order chi connectivity index (χ1) is 15.1. The Hall–Kier alpha value is -3.63. The Kier molecular flexibility index (Phi) is 6.37. The van der Waals surface area contributed by atoms with Crippen molar-refractivity contribution in [3.63, 3.8) is 0 Å². The fraction of sp³-hybridized carbons (Fsp3) is 0.333. The summed E-state index contributed by atoms with van der Waals surface area (Å²) in [4.78, 5) is 50.6. The van der Waals surface area contributed by atoms with Crippen molar-refractivity contribution in [1.82, 2.24) is 10.2 Å². The SMILES string of the molecule is CCN(CC)c1ccc2c(C(F)(F)F)c(C(=O)NCCN3C(=O)C=CC3=O)c(=O)oc2c1. The molecule has 0 bridgehead atoms. The summed E-state index contributed by atoms with van der Waals surface area (Å²) in [5, 5.41) is 1.73. The second-order valence-electron chi connectivity index (χ2n) is 6.91. The second kappa shape index (κ2) is 8.85. The zero-order valence-corrected chi connectivity index (χ0v) is 17.3. The minimum absolute atomic E-state index is 0.260. The average Bonchev–Trinajstić information content (AvgIpc) is 3.04. The molecule has 2 aromatic rings. The van der Waals surface area contributed by atoms with Gasteiger partial charge in [0.2, 0.25) is 0 Å². The van der Waals surface area contributed by atoms with Crippen molar-refractivity contribution in [2.45, 2.75) is 20.0 Å². The fourth-order valence-electron chi connectivity index (χ4n) is 3.50. The number of rotatable bonds is 7. The minimum atomic E-state index is -5.01. The highest BCUT2D eigenvalue weighted by atomic mass is 19.4. The molecule has 32 heavy (non-hydrogen) atoms. The Morgan fingerprint density at radius 3 is 2.28 bits per heavy atom. The maximum atomic E-state index is 13.9. The molecule has 3 amide bonds. The molecule has 8 nitrogen and oxygen atoms in total. The third-order valence-corrected chi connectivity index (χ3v) is 5.05. The zero-order valence-electron chi connectivity index (χ0n) is 17.3. The first-order valence-corrected chi connectivity index (χ1v) is 9.83. The lowest BCUT2D eigenvalue weighted by Crippen LogP contribution is -2.40. The van der Waals surface area contributed by atoms with Gasteiger partial charge in [0.05, 0.1) is 5.56 Å². The zero-order chi connectivity index (χ0) is 23.6. The molecule has 2 heterocycles. The van der Waals surface area contributed by atoms with Gasteiger partial charge >= 0.3 is 11.8 Å². The van der Waals surface area contributed by atoms with Crippen molar-refractivity contribution in [3.05, 3.63) is 51.9 Å². The van der Waals surface area contributed by atoms with Crippen LogP contribution in [0.15, 0.2) is 39.6 Å². The Morgan fingerprint density at radius 1 is 1.09 bits per heavy atom. The van der Waals surface area contributed by atoms with Crippen LogP contribution in [0.5, 0.6) is 0 Å². The van der Waals surface area contributed by atoms with Crippen molar-refractivity contribution in [3.8, 4) is 0 Å². The molecule has 0 spiro atoms. The van der Waals surface area contributed by atoms with Gasteiger partial charge in [0.15, 0.2) is 0 Å². The standard InChI is InChI=1S/C21H20F3N3O5/c1-3-26(4-2)12-5-6-13-14(11-12)32-20(31)17(18(13)21(22,23)24)19(30)25-9-10-27-15(28)7-8-16(27)29/h5-8,11H,3-4,9-10H2,1-2H3,(H,25,30). The molecule has 1 aliphatic heterocycles. The molecule has 1 N–H and O–H groups in total. The predicted octanol–water partition coefficient (Wildman–Crippen LogP) is 2.31. The van der Waals surface area contributed by atoms with Gasteiger partial charge in [-0.15, -0.1) is 0 Å². The van der Waals surface area contributed by atoms with Crippen LogP contribution in [0.4, 0.5) is 18.9 Å². The van der Waals surface area contributed by atoms with Crippen LogP contribution < -0.4 is 15.8 Å². The summed E-state index contributed by atoms with van der Waals surface area (Å²) < 4.78 is 46.8. The van der Waals surface area contributed by atoms with Crippen molar-refractivity contribution < 1.29 is 32.0 Å². The minimum Gasteiger partial charge on any atom is -0.422 e. The molecule has 0 saturated carbocycles. The summed E-state index contributed by atoms with van der Waals surface area (Å²) in [6, 6.07) is 3.96. The lowest BCUT2D eigenvalue weighted by molar-refractivity contribution is -0.137. The van der Waals surface area contributed by atoms with Crippen LogP contribution in [0.2, 0.25) is 0 Å². The smallest absolute Gasteiger partial charge is 0.418 e. The Bertz CT molecular complexity index is 1150. The third-order valence-electron chi connectivity index (χ3n) is 5.05. The van der Waals surface area contributed by atoms with Crippen molar-refractivity contribution in [1.29, 1.82) is 0 Å². The van der Waals surface area contributed by atoms with E-state index in [4.69, 9.17) is 4.42 Å². The van der Waals surface area contributed by atoms with E-state index >= 15 is 0 Å². The van der Waals surface area contributed by atoms with E-state index in [1.54, 1.807) is 0 Å². The van der Waals surface area contributed by atoms with Gasteiger partial charge in [-0.25, -0.2) is 4.79 Å². The van der Waals surface area contributed by atoms with Gasteiger partial charge in [-0.2, -0.15) is 13.2 Å². The lowest BCUT2D eigenvalue weighted by atomic mass is 10.0. The number of nitrogens with one attached hydrogen (secondary N) is 1. The van der Waals surface area contributed by atoms with Gasteiger partial charge in [0.25, 0.3) is 17.7 Å². The number of hydrogen-bond donors (Lipinski definition) is 1. The highest BCUT2D eigenvalue weighted by Gasteiger charge is 2.40. The van der Waals surface area contributed by atoms with Crippen LogP contribution in [0.1, 0.15) is 29.8 Å². The third kappa shape index (κ3) is 4.36. The molecule has 0 atom stereocenters. The van der Waals surface area contributed by atoms with Crippen molar-refractivity contribution >= 4 is 34.4 Å². The molecule has 1 aliphatic rings. The Morgan fingerprint density at radius 2 is 1.72 bits per heavy atom. The van der Waals surface area contributed by atoms with E-state index in [1.165, 1.54) is 18.2 Å². The van der Waals surface area contributed by atoms with Gasteiger partial charge in [0.1, 0.15) is 11.1 Å². The van der Waals surface area contributed by atoms with Gasteiger partial charge in [-0.1, -0.05) is 0 Å². The molecule has 0 aliphatic carbocycles. The van der Waals surface area contributed by atoms with Gasteiger partial charge in [-0.3, -0.25) is 19.3 Å². The second-order valence-corrected chi connectivity index (χ2v) is 6.91. The molecule has 0 saturated heterocycles. The lowest BCUT2D eigenvalue weighted by Gasteiger charge is -2.22. The van der Waals surface area contributed by atoms with Crippen LogP contribution in [0.3, 0.4) is 0 Å². The normalized spacial score (nSPS) is 13.8. The molecule has 0 radical (unpaired) electrons. The average molecular weight is 451 g/mol. The number of carbonyl (C=O) groups is 3. The molecular formula is C21H20F3N3O5. The van der Waals surface area contributed by atoms with E-state index < -0.39 is 46.0 Å². The number of hydrogen-bond acceptors (Lipinski definition) is 6. The first kappa shape index (κ1) is 23.0. The van der Waals surface area contributed by atoms with Crippen LogP contribution >= 0.6 is 0 Å². The molecular weight excluding hydrogens is 431 g/mol. The Balaban J connectivity index is 1.96. The van der Waals surface area contributed by atoms with Crippen LogP contribution in [0, 0.1) is 0 Å². The number of alkyl halides is 3. The Labute approximate surface area is 180 Å². The monoisotopic (exact) mass is 451 g/mol. The largest absolute Gasteiger partial charge is 0.422 e. The summed E-state index contributed by atoms with van der Waals surface area (Å²) >= 11 is 0. The van der Waals surface area contributed by atoms with Gasteiger partial charge < -0.3 is 14.6 Å². The number of carbonyl (C=O) groups excluding carboxylic acids is 3. The number of fused-ring (bicyclic) bond motifs is 1. The molecule has 1 aromatic heterocycles. The van der Waals surface area contributed by atoms with E-state index in [2.05, 4.69) is 5.32 Å². The van der Waals surface area contributed by atoms with E-state index in [0.29, 0.717) is 18.8 Å². The van der Waals surface area contributed by atoms with E-state index in [-0.39, 0.29) is 18.7 Å². The van der Waals surface area contributed by atoms with E-state index in [9.17, 15) is 32.3 Å². The maximum Gasteiger partial charge on any atom is 0.418 e. The highest BCUT2D eigenvalue weighted by molar-refractivity contribution is 6.12. The summed E-state index contributed by atoms with van der Waals surface area (Å²) in [6.07, 6.45) is -2.94. The highest BCUT2D eigenvalue weighted by Crippen LogP contribution is 2.37. The summed E-state index contributed by atoms with van der Waals surface area (Å²) in [7, 11) is 0. The summed E-state index contributed by atoms with van der Waals surface area (Å²) in [6.45, 7) is 4.33. The number of benzene rings is 1. The predicted molar refractivity (Wildman–Crippen MR) is 109 cm³/mol. The first-order valence-electron chi connectivity index (χ1n) is 9.83. The topological polar surface area (TPSA) is 99.9 Å². The van der Waals surface area contributed by atoms with Crippen molar-refractivity contribution in [2.24, 2.45) is 0 Å². The maximum absolute atomic E-state index is 13.9. The summed E-state index contributed by atoms with van der Waals surface area (Å²) in [5.74, 6) is -2.52. The van der Waals surface area contributed by atoms with E-state index in [1.807, 2.05) is 18.7 Å². The molecule has 11 heteroatoms.